The van der Waals surface area contributed by atoms with Crippen LogP contribution in [0.5, 0.6) is 5.88 Å². The standard InChI is InChI=1S/C15H14N2O4/c1-21-13-7-6-11(9-16-13)15(20)17-12-5-3-2-4-10(12)8-14(18)19/h2-7,9H,8H2,1H3,(H,17,20)(H,18,19). The van der Waals surface area contributed by atoms with Crippen molar-refractivity contribution in [2.24, 2.45) is 0 Å². The number of methoxy groups -OCH3 is 1. The number of ether oxygens (including phenoxy) is 1. The second-order valence-electron chi connectivity index (χ2n) is 4.27. The zero-order valence-corrected chi connectivity index (χ0v) is 11.4. The summed E-state index contributed by atoms with van der Waals surface area (Å²) in [6.45, 7) is 0. The van der Waals surface area contributed by atoms with Gasteiger partial charge in [-0.3, -0.25) is 9.59 Å². The molecule has 2 N–H and O–H groups in total. The van der Waals surface area contributed by atoms with E-state index < -0.39 is 5.97 Å². The highest BCUT2D eigenvalue weighted by molar-refractivity contribution is 6.04. The maximum atomic E-state index is 12.1. The van der Waals surface area contributed by atoms with Crippen molar-refractivity contribution in [2.75, 3.05) is 12.4 Å². The van der Waals surface area contributed by atoms with Gasteiger partial charge < -0.3 is 15.2 Å². The van der Waals surface area contributed by atoms with Crippen LogP contribution in [0.4, 0.5) is 5.69 Å². The summed E-state index contributed by atoms with van der Waals surface area (Å²) in [5.74, 6) is -0.899. The minimum Gasteiger partial charge on any atom is -0.481 e. The Balaban J connectivity index is 2.17. The van der Waals surface area contributed by atoms with Gasteiger partial charge >= 0.3 is 5.97 Å². The summed E-state index contributed by atoms with van der Waals surface area (Å²) in [5, 5.41) is 11.6. The van der Waals surface area contributed by atoms with Gasteiger partial charge in [0.25, 0.3) is 5.91 Å². The number of aliphatic carboxylic acids is 1. The number of carboxylic acid groups (broad SMARTS) is 1. The van der Waals surface area contributed by atoms with Gasteiger partial charge in [-0.05, 0) is 17.7 Å². The van der Waals surface area contributed by atoms with Crippen LogP contribution < -0.4 is 10.1 Å². The first kappa shape index (κ1) is 14.5. The Bertz CT molecular complexity index is 653. The molecule has 108 valence electrons. The minimum atomic E-state index is -0.956. The highest BCUT2D eigenvalue weighted by Gasteiger charge is 2.11. The quantitative estimate of drug-likeness (QED) is 0.877. The Labute approximate surface area is 121 Å². The van der Waals surface area contributed by atoms with Crippen LogP contribution in [0.2, 0.25) is 0 Å². The average molecular weight is 286 g/mol. The number of nitrogens with one attached hydrogen (secondary N) is 1. The number of carboxylic acids is 1. The average Bonchev–Trinajstić information content (AvgIpc) is 2.49. The first-order valence-corrected chi connectivity index (χ1v) is 6.21. The van der Waals surface area contributed by atoms with Crippen LogP contribution >= 0.6 is 0 Å². The second-order valence-corrected chi connectivity index (χ2v) is 4.27. The van der Waals surface area contributed by atoms with Crippen molar-refractivity contribution < 1.29 is 19.4 Å². The van der Waals surface area contributed by atoms with E-state index in [1.165, 1.54) is 13.3 Å². The van der Waals surface area contributed by atoms with Gasteiger partial charge in [0, 0.05) is 18.0 Å². The number of aromatic nitrogens is 1. The van der Waals surface area contributed by atoms with Crippen LogP contribution in [0, 0.1) is 0 Å². The smallest absolute Gasteiger partial charge is 0.307 e. The highest BCUT2D eigenvalue weighted by atomic mass is 16.5. The Morgan fingerprint density at radius 3 is 2.62 bits per heavy atom. The van der Waals surface area contributed by atoms with Crippen molar-refractivity contribution in [3.63, 3.8) is 0 Å². The fourth-order valence-corrected chi connectivity index (χ4v) is 1.79. The molecule has 21 heavy (non-hydrogen) atoms. The molecule has 6 heteroatoms. The molecule has 0 bridgehead atoms. The van der Waals surface area contributed by atoms with Gasteiger partial charge in [0.2, 0.25) is 5.88 Å². The van der Waals surface area contributed by atoms with Crippen molar-refractivity contribution >= 4 is 17.6 Å². The number of amides is 1. The third-order valence-corrected chi connectivity index (χ3v) is 2.81. The number of benzene rings is 1. The molecule has 2 aromatic rings. The molecule has 0 atom stereocenters. The van der Waals surface area contributed by atoms with E-state index in [0.717, 1.165) is 0 Å². The van der Waals surface area contributed by atoms with Crippen LogP contribution in [0.3, 0.4) is 0 Å². The SMILES string of the molecule is COc1ccc(C(=O)Nc2ccccc2CC(=O)O)cn1. The minimum absolute atomic E-state index is 0.155. The first-order chi connectivity index (χ1) is 10.1. The van der Waals surface area contributed by atoms with E-state index in [4.69, 9.17) is 9.84 Å². The molecular weight excluding hydrogens is 272 g/mol. The summed E-state index contributed by atoms with van der Waals surface area (Å²) < 4.78 is 4.92. The molecule has 2 rings (SSSR count). The summed E-state index contributed by atoms with van der Waals surface area (Å²) in [7, 11) is 1.49. The van der Waals surface area contributed by atoms with Gasteiger partial charge in [0.05, 0.1) is 19.1 Å². The summed E-state index contributed by atoms with van der Waals surface area (Å²) in [4.78, 5) is 26.9. The fourth-order valence-electron chi connectivity index (χ4n) is 1.79. The third kappa shape index (κ3) is 3.79. The molecule has 0 saturated heterocycles. The zero-order chi connectivity index (χ0) is 15.2. The van der Waals surface area contributed by atoms with Crippen LogP contribution in [-0.4, -0.2) is 29.1 Å². The van der Waals surface area contributed by atoms with Crippen LogP contribution in [-0.2, 0) is 11.2 Å². The Hall–Kier alpha value is -2.89. The number of hydrogen-bond donors (Lipinski definition) is 2. The predicted octanol–water partition coefficient (Wildman–Crippen LogP) is 1.97. The van der Waals surface area contributed by atoms with E-state index in [-0.39, 0.29) is 12.3 Å². The molecule has 0 unspecified atom stereocenters. The molecule has 0 spiro atoms. The molecule has 1 aromatic heterocycles. The van der Waals surface area contributed by atoms with Gasteiger partial charge in [0.15, 0.2) is 0 Å². The van der Waals surface area contributed by atoms with E-state index >= 15 is 0 Å². The lowest BCUT2D eigenvalue weighted by Crippen LogP contribution is -2.14. The largest absolute Gasteiger partial charge is 0.481 e. The Kier molecular flexibility index (Phi) is 4.50. The summed E-state index contributed by atoms with van der Waals surface area (Å²) >= 11 is 0. The van der Waals surface area contributed by atoms with E-state index in [1.807, 2.05) is 0 Å². The van der Waals surface area contributed by atoms with E-state index in [2.05, 4.69) is 10.3 Å². The van der Waals surface area contributed by atoms with E-state index in [9.17, 15) is 9.59 Å². The van der Waals surface area contributed by atoms with Crippen LogP contribution in [0.25, 0.3) is 0 Å². The lowest BCUT2D eigenvalue weighted by atomic mass is 10.1. The topological polar surface area (TPSA) is 88.5 Å². The van der Waals surface area contributed by atoms with Crippen molar-refractivity contribution in [1.29, 1.82) is 0 Å². The summed E-state index contributed by atoms with van der Waals surface area (Å²) in [6, 6.07) is 9.94. The van der Waals surface area contributed by atoms with E-state index in [0.29, 0.717) is 22.7 Å². The van der Waals surface area contributed by atoms with Crippen molar-refractivity contribution in [1.82, 2.24) is 4.98 Å². The van der Waals surface area contributed by atoms with Crippen LogP contribution in [0.15, 0.2) is 42.6 Å². The molecule has 1 amide bonds. The van der Waals surface area contributed by atoms with Gasteiger partial charge in [-0.25, -0.2) is 4.98 Å². The molecule has 0 aliphatic rings. The number of carbonyl (C=O) groups excluding carboxylic acids is 1. The number of para-hydroxylation sites is 1. The number of hydrogen-bond acceptors (Lipinski definition) is 4. The lowest BCUT2D eigenvalue weighted by molar-refractivity contribution is -0.136. The van der Waals surface area contributed by atoms with Gasteiger partial charge in [-0.2, -0.15) is 0 Å². The fraction of sp³-hybridized carbons (Fsp3) is 0.133. The number of nitrogens with zero attached hydrogens (tertiary/aromatic N) is 1. The van der Waals surface area contributed by atoms with Crippen LogP contribution in [0.1, 0.15) is 15.9 Å². The molecular formula is C15H14N2O4. The number of carbonyl (C=O) groups is 2. The molecule has 1 aromatic carbocycles. The lowest BCUT2D eigenvalue weighted by Gasteiger charge is -2.09. The van der Waals surface area contributed by atoms with Crippen molar-refractivity contribution in [3.8, 4) is 5.88 Å². The maximum Gasteiger partial charge on any atom is 0.307 e. The van der Waals surface area contributed by atoms with Crippen molar-refractivity contribution in [2.45, 2.75) is 6.42 Å². The number of rotatable bonds is 5. The summed E-state index contributed by atoms with van der Waals surface area (Å²) in [5.41, 5.74) is 1.38. The number of anilines is 1. The number of pyridine rings is 1. The predicted molar refractivity (Wildman–Crippen MR) is 76.5 cm³/mol. The summed E-state index contributed by atoms with van der Waals surface area (Å²) in [6.07, 6.45) is 1.24. The zero-order valence-electron chi connectivity index (χ0n) is 11.4. The maximum absolute atomic E-state index is 12.1. The monoisotopic (exact) mass is 286 g/mol. The molecule has 0 radical (unpaired) electrons. The molecule has 0 aliphatic heterocycles. The Morgan fingerprint density at radius 2 is 2.00 bits per heavy atom. The molecule has 0 saturated carbocycles. The Morgan fingerprint density at radius 1 is 1.24 bits per heavy atom. The van der Waals surface area contributed by atoms with Gasteiger partial charge in [-0.1, -0.05) is 18.2 Å². The molecule has 0 fully saturated rings. The van der Waals surface area contributed by atoms with Gasteiger partial charge in [-0.15, -0.1) is 0 Å². The normalized spacial score (nSPS) is 9.95. The second kappa shape index (κ2) is 6.51. The van der Waals surface area contributed by atoms with Crippen molar-refractivity contribution in [3.05, 3.63) is 53.7 Å². The first-order valence-electron chi connectivity index (χ1n) is 6.21. The third-order valence-electron chi connectivity index (χ3n) is 2.81. The molecule has 0 aliphatic carbocycles. The van der Waals surface area contributed by atoms with E-state index in [1.54, 1.807) is 36.4 Å². The highest BCUT2D eigenvalue weighted by Crippen LogP contribution is 2.17. The van der Waals surface area contributed by atoms with Gasteiger partial charge in [0.1, 0.15) is 0 Å². The molecule has 6 nitrogen and oxygen atoms in total. The molecule has 1 heterocycles.